The number of aliphatic hydroxyl groups is 3. The molecular formula is C8H14O7. The molecule has 0 saturated heterocycles. The van der Waals surface area contributed by atoms with Gasteiger partial charge in [-0.3, -0.25) is 0 Å². The van der Waals surface area contributed by atoms with Gasteiger partial charge in [0, 0.05) is 0 Å². The topological polar surface area (TPSA) is 135 Å². The maximum atomic E-state index is 10.2. The molecule has 0 heterocycles. The summed E-state index contributed by atoms with van der Waals surface area (Å²) in [7, 11) is 0. The van der Waals surface area contributed by atoms with Crippen LogP contribution in [0.1, 0.15) is 19.3 Å². The van der Waals surface area contributed by atoms with Crippen LogP contribution in [0.4, 0.5) is 0 Å². The van der Waals surface area contributed by atoms with Crippen molar-refractivity contribution in [3.63, 3.8) is 0 Å². The van der Waals surface area contributed by atoms with E-state index in [-0.39, 0.29) is 19.3 Å². The lowest BCUT2D eigenvalue weighted by Crippen LogP contribution is -2.33. The Hall–Kier alpha value is -1.18. The van der Waals surface area contributed by atoms with Crippen molar-refractivity contribution in [2.75, 3.05) is 0 Å². The first-order valence-corrected chi connectivity index (χ1v) is 4.36. The third-order valence-electron chi connectivity index (χ3n) is 1.88. The van der Waals surface area contributed by atoms with Gasteiger partial charge in [-0.2, -0.15) is 0 Å². The molecule has 3 unspecified atom stereocenters. The minimum atomic E-state index is -1.88. The maximum absolute atomic E-state index is 10.2. The molecule has 0 aromatic rings. The Balaban J connectivity index is 3.77. The number of rotatable bonds is 7. The van der Waals surface area contributed by atoms with Crippen molar-refractivity contribution in [3.05, 3.63) is 0 Å². The Kier molecular flexibility index (Phi) is 5.83. The minimum Gasteiger partial charge on any atom is -0.479 e. The molecule has 0 aromatic carbocycles. The number of hydrogen-bond donors (Lipinski definition) is 5. The highest BCUT2D eigenvalue weighted by Crippen LogP contribution is 2.07. The van der Waals surface area contributed by atoms with E-state index in [9.17, 15) is 9.59 Å². The van der Waals surface area contributed by atoms with E-state index < -0.39 is 30.3 Å². The fourth-order valence-electron chi connectivity index (χ4n) is 0.966. The van der Waals surface area contributed by atoms with Crippen LogP contribution in [0.3, 0.4) is 0 Å². The zero-order valence-electron chi connectivity index (χ0n) is 7.91. The summed E-state index contributed by atoms with van der Waals surface area (Å²) >= 11 is 0. The zero-order valence-corrected chi connectivity index (χ0v) is 7.91. The van der Waals surface area contributed by atoms with Gasteiger partial charge in [0.25, 0.3) is 0 Å². The molecule has 0 fully saturated rings. The molecule has 0 bridgehead atoms. The minimum absolute atomic E-state index is 0.0855. The second kappa shape index (κ2) is 6.33. The first-order valence-electron chi connectivity index (χ1n) is 4.36. The number of carboxylic acid groups (broad SMARTS) is 2. The molecule has 0 aliphatic heterocycles. The van der Waals surface area contributed by atoms with Gasteiger partial charge in [-0.15, -0.1) is 0 Å². The highest BCUT2D eigenvalue weighted by molar-refractivity contribution is 5.72. The van der Waals surface area contributed by atoms with Crippen molar-refractivity contribution in [1.29, 1.82) is 0 Å². The third-order valence-corrected chi connectivity index (χ3v) is 1.88. The number of carbonyl (C=O) groups is 2. The second-order valence-corrected chi connectivity index (χ2v) is 3.14. The standard InChI is InChI=1S/C8H14O7/c9-4(6(11)8(14)15)2-1-3-5(10)7(12)13/h4-6,9-11H,1-3H2,(H,12,13)(H,14,15). The van der Waals surface area contributed by atoms with E-state index in [0.717, 1.165) is 0 Å². The average Bonchev–Trinajstić information content (AvgIpc) is 2.15. The Morgan fingerprint density at radius 2 is 1.47 bits per heavy atom. The van der Waals surface area contributed by atoms with Crippen LogP contribution in [0.2, 0.25) is 0 Å². The number of carboxylic acids is 2. The van der Waals surface area contributed by atoms with Crippen molar-refractivity contribution in [3.8, 4) is 0 Å². The fraction of sp³-hybridized carbons (Fsp3) is 0.750. The highest BCUT2D eigenvalue weighted by atomic mass is 16.4. The molecule has 0 saturated carbocycles. The zero-order chi connectivity index (χ0) is 12.0. The summed E-state index contributed by atoms with van der Waals surface area (Å²) in [5, 5.41) is 43.3. The second-order valence-electron chi connectivity index (χ2n) is 3.14. The van der Waals surface area contributed by atoms with E-state index in [0.29, 0.717) is 0 Å². The molecule has 0 radical (unpaired) electrons. The average molecular weight is 222 g/mol. The molecule has 7 nitrogen and oxygen atoms in total. The van der Waals surface area contributed by atoms with E-state index in [1.807, 2.05) is 0 Å². The van der Waals surface area contributed by atoms with Crippen LogP contribution in [0.25, 0.3) is 0 Å². The molecule has 15 heavy (non-hydrogen) atoms. The van der Waals surface area contributed by atoms with Gasteiger partial charge in [-0.1, -0.05) is 0 Å². The van der Waals surface area contributed by atoms with Gasteiger partial charge in [0.05, 0.1) is 6.10 Å². The molecule has 3 atom stereocenters. The van der Waals surface area contributed by atoms with Crippen LogP contribution in [0.15, 0.2) is 0 Å². The van der Waals surface area contributed by atoms with Crippen LogP contribution in [-0.4, -0.2) is 55.8 Å². The quantitative estimate of drug-likeness (QED) is 0.350. The van der Waals surface area contributed by atoms with Gasteiger partial charge in [0.1, 0.15) is 0 Å². The van der Waals surface area contributed by atoms with Crippen LogP contribution in [-0.2, 0) is 9.59 Å². The lowest BCUT2D eigenvalue weighted by atomic mass is 10.1. The largest absolute Gasteiger partial charge is 0.479 e. The van der Waals surface area contributed by atoms with Crippen LogP contribution >= 0.6 is 0 Å². The lowest BCUT2D eigenvalue weighted by molar-refractivity contribution is -0.153. The lowest BCUT2D eigenvalue weighted by Gasteiger charge is -2.13. The van der Waals surface area contributed by atoms with Crippen LogP contribution < -0.4 is 0 Å². The first-order chi connectivity index (χ1) is 6.86. The number of hydrogen-bond acceptors (Lipinski definition) is 5. The monoisotopic (exact) mass is 222 g/mol. The number of aliphatic hydroxyl groups excluding tert-OH is 3. The van der Waals surface area contributed by atoms with E-state index in [4.69, 9.17) is 25.5 Å². The maximum Gasteiger partial charge on any atom is 0.335 e. The summed E-state index contributed by atoms with van der Waals surface area (Å²) in [5.74, 6) is -2.91. The SMILES string of the molecule is O=C(O)C(O)CCCC(O)C(O)C(=O)O. The van der Waals surface area contributed by atoms with Crippen LogP contribution in [0, 0.1) is 0 Å². The van der Waals surface area contributed by atoms with E-state index in [1.165, 1.54) is 0 Å². The summed E-state index contributed by atoms with van der Waals surface area (Å²) in [6.07, 6.45) is -4.94. The van der Waals surface area contributed by atoms with Gasteiger partial charge in [0.2, 0.25) is 0 Å². The van der Waals surface area contributed by atoms with Gasteiger partial charge in [-0.05, 0) is 19.3 Å². The molecule has 0 aromatic heterocycles. The van der Waals surface area contributed by atoms with E-state index >= 15 is 0 Å². The van der Waals surface area contributed by atoms with Crippen molar-refractivity contribution in [2.45, 2.75) is 37.6 Å². The molecular weight excluding hydrogens is 208 g/mol. The van der Waals surface area contributed by atoms with Crippen molar-refractivity contribution in [1.82, 2.24) is 0 Å². The molecule has 0 spiro atoms. The van der Waals surface area contributed by atoms with Gasteiger partial charge >= 0.3 is 11.9 Å². The predicted molar refractivity (Wildman–Crippen MR) is 47.1 cm³/mol. The number of aliphatic carboxylic acids is 2. The highest BCUT2D eigenvalue weighted by Gasteiger charge is 2.23. The summed E-state index contributed by atoms with van der Waals surface area (Å²) < 4.78 is 0. The Morgan fingerprint density at radius 1 is 0.933 bits per heavy atom. The van der Waals surface area contributed by atoms with E-state index in [1.54, 1.807) is 0 Å². The van der Waals surface area contributed by atoms with Crippen molar-refractivity contribution in [2.24, 2.45) is 0 Å². The van der Waals surface area contributed by atoms with Crippen molar-refractivity contribution >= 4 is 11.9 Å². The Labute approximate surface area is 85.6 Å². The summed E-state index contributed by atoms with van der Waals surface area (Å²) in [4.78, 5) is 20.4. The third kappa shape index (κ3) is 5.31. The van der Waals surface area contributed by atoms with Gasteiger partial charge in [0.15, 0.2) is 12.2 Å². The molecule has 5 N–H and O–H groups in total. The predicted octanol–water partition coefficient (Wildman–Crippen LogP) is -1.59. The molecule has 7 heteroatoms. The van der Waals surface area contributed by atoms with Crippen LogP contribution in [0.5, 0.6) is 0 Å². The summed E-state index contributed by atoms with van der Waals surface area (Å²) in [6.45, 7) is 0. The van der Waals surface area contributed by atoms with Gasteiger partial charge < -0.3 is 25.5 Å². The molecule has 0 amide bonds. The first kappa shape index (κ1) is 13.8. The van der Waals surface area contributed by atoms with Gasteiger partial charge in [-0.25, -0.2) is 9.59 Å². The molecule has 0 aliphatic rings. The summed E-state index contributed by atoms with van der Waals surface area (Å²) in [6, 6.07) is 0. The molecule has 88 valence electrons. The summed E-state index contributed by atoms with van der Waals surface area (Å²) in [5.41, 5.74) is 0. The Morgan fingerprint density at radius 3 is 1.87 bits per heavy atom. The normalized spacial score (nSPS) is 16.7. The van der Waals surface area contributed by atoms with Crippen molar-refractivity contribution < 1.29 is 35.1 Å². The Bertz CT molecular complexity index is 227. The molecule has 0 rings (SSSR count). The molecule has 0 aliphatic carbocycles. The fourth-order valence-corrected chi connectivity index (χ4v) is 0.966. The van der Waals surface area contributed by atoms with E-state index in [2.05, 4.69) is 0 Å². The smallest absolute Gasteiger partial charge is 0.335 e.